The first-order valence-electron chi connectivity index (χ1n) is 6.97. The normalized spacial score (nSPS) is 18.5. The number of likely N-dealkylation sites (tertiary alicyclic amines) is 1. The van der Waals surface area contributed by atoms with E-state index in [4.69, 9.17) is 4.42 Å². The number of aromatic nitrogens is 1. The molecule has 4 heteroatoms. The van der Waals surface area contributed by atoms with E-state index < -0.39 is 0 Å². The Morgan fingerprint density at radius 2 is 2.05 bits per heavy atom. The van der Waals surface area contributed by atoms with Gasteiger partial charge in [0.25, 0.3) is 5.91 Å². The van der Waals surface area contributed by atoms with Crippen LogP contribution in [0.1, 0.15) is 46.6 Å². The minimum absolute atomic E-state index is 0.0468. The van der Waals surface area contributed by atoms with Crippen molar-refractivity contribution >= 4 is 5.91 Å². The lowest BCUT2D eigenvalue weighted by molar-refractivity contribution is 0.0701. The average molecular weight is 270 g/mol. The van der Waals surface area contributed by atoms with Gasteiger partial charge in [-0.25, -0.2) is 4.98 Å². The van der Waals surface area contributed by atoms with E-state index >= 15 is 0 Å². The Labute approximate surface area is 118 Å². The molecule has 0 bridgehead atoms. The van der Waals surface area contributed by atoms with E-state index in [9.17, 15) is 4.79 Å². The highest BCUT2D eigenvalue weighted by molar-refractivity contribution is 5.93. The topological polar surface area (TPSA) is 46.3 Å². The molecular weight excluding hydrogens is 252 g/mol. The lowest BCUT2D eigenvalue weighted by Gasteiger charge is -2.24. The van der Waals surface area contributed by atoms with Gasteiger partial charge in [-0.3, -0.25) is 4.79 Å². The molecule has 1 aliphatic rings. The first kappa shape index (κ1) is 12.9. The third-order valence-electron chi connectivity index (χ3n) is 3.80. The Morgan fingerprint density at radius 3 is 2.70 bits per heavy atom. The van der Waals surface area contributed by atoms with Gasteiger partial charge in [-0.1, -0.05) is 30.3 Å². The summed E-state index contributed by atoms with van der Waals surface area (Å²) in [7, 11) is 0. The molecule has 2 aromatic rings. The minimum atomic E-state index is -0.0468. The molecule has 0 aliphatic carbocycles. The van der Waals surface area contributed by atoms with Gasteiger partial charge < -0.3 is 9.32 Å². The van der Waals surface area contributed by atoms with Gasteiger partial charge in [0.05, 0.1) is 11.7 Å². The van der Waals surface area contributed by atoms with Gasteiger partial charge in [-0.15, -0.1) is 0 Å². The summed E-state index contributed by atoms with van der Waals surface area (Å²) < 4.78 is 5.47. The Kier molecular flexibility index (Phi) is 3.30. The van der Waals surface area contributed by atoms with Crippen molar-refractivity contribution in [3.8, 4) is 0 Å². The fourth-order valence-electron chi connectivity index (χ4n) is 2.89. The van der Waals surface area contributed by atoms with Crippen molar-refractivity contribution in [1.29, 1.82) is 0 Å². The van der Waals surface area contributed by atoms with Crippen LogP contribution in [0.15, 0.2) is 34.7 Å². The number of rotatable bonds is 2. The smallest absolute Gasteiger partial charge is 0.292 e. The monoisotopic (exact) mass is 270 g/mol. The highest BCUT2D eigenvalue weighted by atomic mass is 16.4. The zero-order valence-corrected chi connectivity index (χ0v) is 11.8. The molecule has 2 heterocycles. The summed E-state index contributed by atoms with van der Waals surface area (Å²) >= 11 is 0. The Morgan fingerprint density at radius 1 is 1.30 bits per heavy atom. The number of carbonyl (C=O) groups excluding carboxylic acids is 1. The fourth-order valence-corrected chi connectivity index (χ4v) is 2.89. The zero-order valence-electron chi connectivity index (χ0n) is 11.8. The Hall–Kier alpha value is -2.10. The molecule has 1 aliphatic heterocycles. The van der Waals surface area contributed by atoms with E-state index in [1.165, 1.54) is 5.56 Å². The van der Waals surface area contributed by atoms with Crippen LogP contribution in [0.25, 0.3) is 0 Å². The zero-order chi connectivity index (χ0) is 14.1. The summed E-state index contributed by atoms with van der Waals surface area (Å²) in [6.07, 6.45) is 2.03. The lowest BCUT2D eigenvalue weighted by atomic mass is 10.0. The molecule has 1 saturated heterocycles. The number of hydrogen-bond acceptors (Lipinski definition) is 3. The molecule has 1 amide bonds. The number of hydrogen-bond donors (Lipinski definition) is 0. The van der Waals surface area contributed by atoms with Crippen molar-refractivity contribution in [2.24, 2.45) is 0 Å². The maximum atomic E-state index is 12.7. The van der Waals surface area contributed by atoms with Gasteiger partial charge in [-0.2, -0.15) is 0 Å². The van der Waals surface area contributed by atoms with Crippen LogP contribution in [0.2, 0.25) is 0 Å². The van der Waals surface area contributed by atoms with E-state index in [2.05, 4.69) is 17.1 Å². The van der Waals surface area contributed by atoms with Crippen LogP contribution in [-0.4, -0.2) is 22.3 Å². The molecule has 4 nitrogen and oxygen atoms in total. The summed E-state index contributed by atoms with van der Waals surface area (Å²) in [6.45, 7) is 4.36. The van der Waals surface area contributed by atoms with Gasteiger partial charge in [0.2, 0.25) is 5.76 Å². The van der Waals surface area contributed by atoms with Gasteiger partial charge in [0.15, 0.2) is 5.89 Å². The lowest BCUT2D eigenvalue weighted by Crippen LogP contribution is -2.30. The van der Waals surface area contributed by atoms with Crippen LogP contribution in [0.4, 0.5) is 0 Å². The summed E-state index contributed by atoms with van der Waals surface area (Å²) in [5.41, 5.74) is 1.86. The van der Waals surface area contributed by atoms with Crippen molar-refractivity contribution in [2.75, 3.05) is 6.54 Å². The summed E-state index contributed by atoms with van der Waals surface area (Å²) in [5, 5.41) is 0. The average Bonchev–Trinajstić information content (AvgIpc) is 3.05. The quantitative estimate of drug-likeness (QED) is 0.841. The molecule has 1 aromatic carbocycles. The van der Waals surface area contributed by atoms with Crippen LogP contribution in [0.3, 0.4) is 0 Å². The number of nitrogens with zero attached hydrogens (tertiary/aromatic N) is 2. The number of benzene rings is 1. The van der Waals surface area contributed by atoms with Crippen molar-refractivity contribution < 1.29 is 9.21 Å². The number of aryl methyl sites for hydroxylation is 2. The van der Waals surface area contributed by atoms with Gasteiger partial charge in [0.1, 0.15) is 0 Å². The summed E-state index contributed by atoms with van der Waals surface area (Å²) in [5.74, 6) is 0.876. The third kappa shape index (κ3) is 2.22. The fraction of sp³-hybridized carbons (Fsp3) is 0.375. The molecular formula is C16H18N2O2. The molecule has 1 aromatic heterocycles. The first-order chi connectivity index (χ1) is 9.66. The highest BCUT2D eigenvalue weighted by Gasteiger charge is 2.33. The second-order valence-corrected chi connectivity index (χ2v) is 5.21. The van der Waals surface area contributed by atoms with E-state index in [1.807, 2.05) is 30.0 Å². The molecule has 0 spiro atoms. The Balaban J connectivity index is 1.89. The Bertz CT molecular complexity index is 619. The molecule has 104 valence electrons. The largest absolute Gasteiger partial charge is 0.436 e. The standard InChI is InChI=1S/C16H18N2O2/c1-11-15(20-12(2)17-11)16(19)18-10-6-9-14(18)13-7-4-3-5-8-13/h3-5,7-8,14H,6,9-10H2,1-2H3. The number of oxazole rings is 1. The molecule has 0 saturated carbocycles. The van der Waals surface area contributed by atoms with Crippen LogP contribution in [-0.2, 0) is 0 Å². The maximum absolute atomic E-state index is 12.7. The van der Waals surface area contributed by atoms with E-state index in [0.717, 1.165) is 19.4 Å². The van der Waals surface area contributed by atoms with E-state index in [0.29, 0.717) is 17.3 Å². The minimum Gasteiger partial charge on any atom is -0.436 e. The number of carbonyl (C=O) groups is 1. The van der Waals surface area contributed by atoms with Crippen LogP contribution in [0, 0.1) is 13.8 Å². The molecule has 3 rings (SSSR count). The summed E-state index contributed by atoms with van der Waals surface area (Å²) in [6, 6.07) is 10.3. The summed E-state index contributed by atoms with van der Waals surface area (Å²) in [4.78, 5) is 18.7. The second kappa shape index (κ2) is 5.12. The maximum Gasteiger partial charge on any atom is 0.292 e. The third-order valence-corrected chi connectivity index (χ3v) is 3.80. The highest BCUT2D eigenvalue weighted by Crippen LogP contribution is 2.33. The van der Waals surface area contributed by atoms with Crippen LogP contribution >= 0.6 is 0 Å². The van der Waals surface area contributed by atoms with Gasteiger partial charge in [0, 0.05) is 13.5 Å². The number of amides is 1. The first-order valence-corrected chi connectivity index (χ1v) is 6.97. The molecule has 1 atom stereocenters. The van der Waals surface area contributed by atoms with E-state index in [-0.39, 0.29) is 11.9 Å². The molecule has 1 unspecified atom stereocenters. The van der Waals surface area contributed by atoms with Crippen molar-refractivity contribution in [3.63, 3.8) is 0 Å². The van der Waals surface area contributed by atoms with Crippen LogP contribution in [0.5, 0.6) is 0 Å². The predicted octanol–water partition coefficient (Wildman–Crippen LogP) is 3.27. The van der Waals surface area contributed by atoms with Crippen molar-refractivity contribution in [3.05, 3.63) is 53.2 Å². The van der Waals surface area contributed by atoms with Gasteiger partial charge >= 0.3 is 0 Å². The molecule has 0 radical (unpaired) electrons. The van der Waals surface area contributed by atoms with E-state index in [1.54, 1.807) is 6.92 Å². The molecule has 0 N–H and O–H groups in total. The SMILES string of the molecule is Cc1nc(C)c(C(=O)N2CCCC2c2ccccc2)o1. The van der Waals surface area contributed by atoms with Crippen LogP contribution < -0.4 is 0 Å². The predicted molar refractivity (Wildman–Crippen MR) is 75.4 cm³/mol. The van der Waals surface area contributed by atoms with Crippen molar-refractivity contribution in [2.45, 2.75) is 32.7 Å². The van der Waals surface area contributed by atoms with Gasteiger partial charge in [-0.05, 0) is 25.3 Å². The van der Waals surface area contributed by atoms with Crippen molar-refractivity contribution in [1.82, 2.24) is 9.88 Å². The molecule has 20 heavy (non-hydrogen) atoms. The second-order valence-electron chi connectivity index (χ2n) is 5.21. The molecule has 1 fully saturated rings.